The van der Waals surface area contributed by atoms with Gasteiger partial charge in [0, 0.05) is 32.7 Å². The Bertz CT molecular complexity index is 1070. The Morgan fingerprint density at radius 1 is 1.00 bits per heavy atom. The molecule has 0 aliphatic carbocycles. The maximum atomic E-state index is 13.2. The van der Waals surface area contributed by atoms with E-state index in [1.54, 1.807) is 0 Å². The molecule has 1 amide bonds. The van der Waals surface area contributed by atoms with E-state index in [2.05, 4.69) is 16.1 Å². The van der Waals surface area contributed by atoms with E-state index >= 15 is 0 Å². The van der Waals surface area contributed by atoms with Gasteiger partial charge in [-0.1, -0.05) is 30.3 Å². The summed E-state index contributed by atoms with van der Waals surface area (Å²) in [6.07, 6.45) is 0. The van der Waals surface area contributed by atoms with E-state index in [0.29, 0.717) is 24.2 Å². The molecule has 0 unspecified atom stereocenters. The van der Waals surface area contributed by atoms with Gasteiger partial charge in [0.1, 0.15) is 0 Å². The summed E-state index contributed by atoms with van der Waals surface area (Å²) in [7, 11) is 0. The number of rotatable bonds is 4. The lowest BCUT2D eigenvalue weighted by atomic mass is 10.1. The highest BCUT2D eigenvalue weighted by molar-refractivity contribution is 5.96. The maximum absolute atomic E-state index is 13.2. The molecular weight excluding hydrogens is 374 g/mol. The largest absolute Gasteiger partial charge is 0.336 e. The number of benzene rings is 2. The summed E-state index contributed by atoms with van der Waals surface area (Å²) >= 11 is 0. The van der Waals surface area contributed by atoms with Crippen molar-refractivity contribution in [3.8, 4) is 11.8 Å². The predicted molar refractivity (Wildman–Crippen MR) is 115 cm³/mol. The Morgan fingerprint density at radius 2 is 1.67 bits per heavy atom. The van der Waals surface area contributed by atoms with Crippen molar-refractivity contribution in [3.05, 3.63) is 82.7 Å². The number of aryl methyl sites for hydroxylation is 1. The number of nitriles is 1. The normalized spacial score (nSPS) is 14.5. The van der Waals surface area contributed by atoms with E-state index in [4.69, 9.17) is 5.26 Å². The Morgan fingerprint density at radius 3 is 2.30 bits per heavy atom. The Balaban J connectivity index is 1.42. The lowest BCUT2D eigenvalue weighted by molar-refractivity contribution is 0.0627. The molecule has 0 spiro atoms. The first kappa shape index (κ1) is 19.9. The second-order valence-corrected chi connectivity index (χ2v) is 7.67. The number of aromatic nitrogens is 2. The van der Waals surface area contributed by atoms with E-state index < -0.39 is 0 Å². The van der Waals surface area contributed by atoms with Crippen LogP contribution >= 0.6 is 0 Å². The van der Waals surface area contributed by atoms with Crippen molar-refractivity contribution in [2.75, 3.05) is 26.2 Å². The standard InChI is InChI=1S/C24H25N5O/c1-18-23(19(2)29(26-18)22-6-4-3-5-7-22)24(30)28-14-12-27(13-15-28)17-21-10-8-20(16-25)9-11-21/h3-11H,12-15,17H2,1-2H3. The minimum atomic E-state index is 0.0604. The van der Waals surface area contributed by atoms with Gasteiger partial charge in [-0.3, -0.25) is 9.69 Å². The van der Waals surface area contributed by atoms with E-state index in [9.17, 15) is 4.79 Å². The molecule has 2 heterocycles. The third-order valence-corrected chi connectivity index (χ3v) is 5.65. The van der Waals surface area contributed by atoms with E-state index in [-0.39, 0.29) is 5.91 Å². The van der Waals surface area contributed by atoms with Crippen LogP contribution in [0.3, 0.4) is 0 Å². The van der Waals surface area contributed by atoms with Crippen LogP contribution in [0.1, 0.15) is 32.9 Å². The van der Waals surface area contributed by atoms with Gasteiger partial charge in [-0.2, -0.15) is 10.4 Å². The number of carbonyl (C=O) groups excluding carboxylic acids is 1. The fraction of sp³-hybridized carbons (Fsp3) is 0.292. The lowest BCUT2D eigenvalue weighted by Gasteiger charge is -2.34. The molecule has 1 aliphatic rings. The van der Waals surface area contributed by atoms with Gasteiger partial charge >= 0.3 is 0 Å². The number of hydrogen-bond acceptors (Lipinski definition) is 4. The van der Waals surface area contributed by atoms with Gasteiger partial charge in [-0.05, 0) is 43.7 Å². The van der Waals surface area contributed by atoms with Crippen LogP contribution in [0.4, 0.5) is 0 Å². The highest BCUT2D eigenvalue weighted by Crippen LogP contribution is 2.21. The van der Waals surface area contributed by atoms with Crippen LogP contribution in [-0.2, 0) is 6.54 Å². The fourth-order valence-electron chi connectivity index (χ4n) is 3.98. The number of para-hydroxylation sites is 1. The quantitative estimate of drug-likeness (QED) is 0.675. The first-order chi connectivity index (χ1) is 14.6. The second kappa shape index (κ2) is 8.52. The highest BCUT2D eigenvalue weighted by atomic mass is 16.2. The fourth-order valence-corrected chi connectivity index (χ4v) is 3.98. The molecular formula is C24H25N5O. The van der Waals surface area contributed by atoms with Gasteiger partial charge < -0.3 is 4.90 Å². The SMILES string of the molecule is Cc1nn(-c2ccccc2)c(C)c1C(=O)N1CCN(Cc2ccc(C#N)cc2)CC1. The van der Waals surface area contributed by atoms with Crippen LogP contribution in [-0.4, -0.2) is 51.7 Å². The van der Waals surface area contributed by atoms with Crippen LogP contribution < -0.4 is 0 Å². The smallest absolute Gasteiger partial charge is 0.257 e. The van der Waals surface area contributed by atoms with Gasteiger partial charge in [0.25, 0.3) is 5.91 Å². The molecule has 6 heteroatoms. The summed E-state index contributed by atoms with van der Waals surface area (Å²) in [5, 5.41) is 13.5. The van der Waals surface area contributed by atoms with Crippen molar-refractivity contribution in [2.24, 2.45) is 0 Å². The topological polar surface area (TPSA) is 65.2 Å². The van der Waals surface area contributed by atoms with Gasteiger partial charge in [0.2, 0.25) is 0 Å². The van der Waals surface area contributed by atoms with Crippen LogP contribution in [0.2, 0.25) is 0 Å². The number of nitrogens with zero attached hydrogens (tertiary/aromatic N) is 5. The minimum Gasteiger partial charge on any atom is -0.336 e. The average molecular weight is 399 g/mol. The molecule has 1 saturated heterocycles. The number of piperazine rings is 1. The Hall–Kier alpha value is -3.43. The highest BCUT2D eigenvalue weighted by Gasteiger charge is 2.27. The molecule has 1 fully saturated rings. The van der Waals surface area contributed by atoms with Gasteiger partial charge in [0.15, 0.2) is 0 Å². The summed E-state index contributed by atoms with van der Waals surface area (Å²) in [4.78, 5) is 17.5. The predicted octanol–water partition coefficient (Wildman–Crippen LogP) is 3.32. The Kier molecular flexibility index (Phi) is 5.64. The molecule has 6 nitrogen and oxygen atoms in total. The number of hydrogen-bond donors (Lipinski definition) is 0. The summed E-state index contributed by atoms with van der Waals surface area (Å²) in [6.45, 7) is 7.75. The van der Waals surface area contributed by atoms with Crippen molar-refractivity contribution < 1.29 is 4.79 Å². The first-order valence-electron chi connectivity index (χ1n) is 10.2. The Labute approximate surface area is 177 Å². The summed E-state index contributed by atoms with van der Waals surface area (Å²) in [5.41, 5.74) is 5.18. The zero-order valence-electron chi connectivity index (χ0n) is 17.4. The van der Waals surface area contributed by atoms with E-state index in [1.807, 2.05) is 78.0 Å². The molecule has 1 aliphatic heterocycles. The van der Waals surface area contributed by atoms with Crippen molar-refractivity contribution in [3.63, 3.8) is 0 Å². The molecule has 2 aromatic carbocycles. The average Bonchev–Trinajstić information content (AvgIpc) is 3.09. The molecule has 0 radical (unpaired) electrons. The summed E-state index contributed by atoms with van der Waals surface area (Å²) in [6, 6.07) is 19.8. The zero-order valence-corrected chi connectivity index (χ0v) is 17.4. The molecule has 0 saturated carbocycles. The molecule has 4 rings (SSSR count). The zero-order chi connectivity index (χ0) is 21.1. The van der Waals surface area contributed by atoms with Crippen LogP contribution in [0.15, 0.2) is 54.6 Å². The lowest BCUT2D eigenvalue weighted by Crippen LogP contribution is -2.48. The van der Waals surface area contributed by atoms with Crippen LogP contribution in [0.25, 0.3) is 5.69 Å². The molecule has 0 N–H and O–H groups in total. The molecule has 0 bridgehead atoms. The van der Waals surface area contributed by atoms with Gasteiger partial charge in [0.05, 0.1) is 34.3 Å². The minimum absolute atomic E-state index is 0.0604. The number of carbonyl (C=O) groups is 1. The third-order valence-electron chi connectivity index (χ3n) is 5.65. The van der Waals surface area contributed by atoms with E-state index in [1.165, 1.54) is 5.56 Å². The molecule has 152 valence electrons. The van der Waals surface area contributed by atoms with Gasteiger partial charge in [-0.25, -0.2) is 4.68 Å². The van der Waals surface area contributed by atoms with Crippen molar-refractivity contribution in [1.82, 2.24) is 19.6 Å². The monoisotopic (exact) mass is 399 g/mol. The van der Waals surface area contributed by atoms with E-state index in [0.717, 1.165) is 36.7 Å². The summed E-state index contributed by atoms with van der Waals surface area (Å²) < 4.78 is 1.85. The maximum Gasteiger partial charge on any atom is 0.257 e. The number of amides is 1. The summed E-state index contributed by atoms with van der Waals surface area (Å²) in [5.74, 6) is 0.0604. The van der Waals surface area contributed by atoms with Crippen LogP contribution in [0, 0.1) is 25.2 Å². The van der Waals surface area contributed by atoms with Gasteiger partial charge in [-0.15, -0.1) is 0 Å². The third kappa shape index (κ3) is 3.98. The molecule has 30 heavy (non-hydrogen) atoms. The van der Waals surface area contributed by atoms with Crippen LogP contribution in [0.5, 0.6) is 0 Å². The van der Waals surface area contributed by atoms with Crippen molar-refractivity contribution in [1.29, 1.82) is 5.26 Å². The van der Waals surface area contributed by atoms with Crippen molar-refractivity contribution >= 4 is 5.91 Å². The molecule has 1 aromatic heterocycles. The first-order valence-corrected chi connectivity index (χ1v) is 10.2. The molecule has 0 atom stereocenters. The molecule has 3 aromatic rings. The second-order valence-electron chi connectivity index (χ2n) is 7.67. The van der Waals surface area contributed by atoms with Crippen molar-refractivity contribution in [2.45, 2.75) is 20.4 Å².